The Bertz CT molecular complexity index is 195. The predicted molar refractivity (Wildman–Crippen MR) is 39.2 cm³/mol. The van der Waals surface area contributed by atoms with Gasteiger partial charge in [0.05, 0.1) is 7.11 Å². The van der Waals surface area contributed by atoms with E-state index >= 15 is 0 Å². The highest BCUT2D eigenvalue weighted by Gasteiger charge is 2.35. The van der Waals surface area contributed by atoms with Gasteiger partial charge < -0.3 is 10.1 Å². The second-order valence-corrected chi connectivity index (χ2v) is 2.09. The standard InChI is InChI=1S/C7H10F3NO/c1-3-5(11)4-6(12-2)7(8,9)10/h4,11H,3H2,1-2H3/b6-4-,11-5?. The number of ether oxygens (including phenoxy) is 1. The van der Waals surface area contributed by atoms with Crippen LogP contribution in [-0.2, 0) is 4.74 Å². The molecular weight excluding hydrogens is 171 g/mol. The van der Waals surface area contributed by atoms with Crippen LogP contribution in [0.2, 0.25) is 0 Å². The van der Waals surface area contributed by atoms with E-state index in [1.807, 2.05) is 0 Å². The third-order valence-electron chi connectivity index (χ3n) is 1.19. The van der Waals surface area contributed by atoms with Crippen LogP contribution in [0, 0.1) is 5.41 Å². The molecule has 0 aliphatic heterocycles. The maximum Gasteiger partial charge on any atom is 0.448 e. The van der Waals surface area contributed by atoms with Gasteiger partial charge in [0.15, 0.2) is 0 Å². The summed E-state index contributed by atoms with van der Waals surface area (Å²) >= 11 is 0. The maximum atomic E-state index is 11.9. The lowest BCUT2D eigenvalue weighted by molar-refractivity contribution is -0.125. The van der Waals surface area contributed by atoms with Crippen LogP contribution in [0.3, 0.4) is 0 Å². The lowest BCUT2D eigenvalue weighted by Crippen LogP contribution is -2.14. The van der Waals surface area contributed by atoms with Gasteiger partial charge in [0.2, 0.25) is 5.76 Å². The minimum atomic E-state index is -4.50. The van der Waals surface area contributed by atoms with Crippen molar-refractivity contribution in [1.82, 2.24) is 0 Å². The molecule has 0 fully saturated rings. The monoisotopic (exact) mass is 181 g/mol. The molecule has 0 saturated carbocycles. The number of nitrogens with one attached hydrogen (secondary N) is 1. The molecular formula is C7H10F3NO. The van der Waals surface area contributed by atoms with Gasteiger partial charge in [-0.25, -0.2) is 0 Å². The van der Waals surface area contributed by atoms with Gasteiger partial charge in [-0.1, -0.05) is 6.92 Å². The molecule has 0 rings (SSSR count). The Hall–Kier alpha value is -1.00. The van der Waals surface area contributed by atoms with E-state index in [0.717, 1.165) is 7.11 Å². The molecule has 0 aromatic rings. The smallest absolute Gasteiger partial charge is 0.448 e. The number of methoxy groups -OCH3 is 1. The van der Waals surface area contributed by atoms with Crippen molar-refractivity contribution in [3.05, 3.63) is 11.8 Å². The van der Waals surface area contributed by atoms with Crippen molar-refractivity contribution in [2.24, 2.45) is 0 Å². The Labute approximate surface area is 68.5 Å². The molecule has 0 radical (unpaired) electrons. The summed E-state index contributed by atoms with van der Waals surface area (Å²) in [6, 6.07) is 0. The molecule has 1 N–H and O–H groups in total. The quantitative estimate of drug-likeness (QED) is 0.526. The van der Waals surface area contributed by atoms with Crippen LogP contribution in [0.1, 0.15) is 13.3 Å². The van der Waals surface area contributed by atoms with Crippen molar-refractivity contribution in [3.63, 3.8) is 0 Å². The highest BCUT2D eigenvalue weighted by Crippen LogP contribution is 2.25. The van der Waals surface area contributed by atoms with Gasteiger partial charge in [-0.15, -0.1) is 0 Å². The molecule has 0 atom stereocenters. The first-order valence-corrected chi connectivity index (χ1v) is 3.32. The highest BCUT2D eigenvalue weighted by molar-refractivity contribution is 5.92. The molecule has 70 valence electrons. The van der Waals surface area contributed by atoms with Crippen molar-refractivity contribution in [1.29, 1.82) is 5.41 Å². The van der Waals surface area contributed by atoms with Crippen molar-refractivity contribution in [2.75, 3.05) is 7.11 Å². The Kier molecular flexibility index (Phi) is 3.79. The van der Waals surface area contributed by atoms with Gasteiger partial charge in [0.25, 0.3) is 0 Å². The van der Waals surface area contributed by atoms with Crippen molar-refractivity contribution < 1.29 is 17.9 Å². The molecule has 0 aliphatic rings. The highest BCUT2D eigenvalue weighted by atomic mass is 19.4. The number of alkyl halides is 3. The molecule has 0 aromatic carbocycles. The van der Waals surface area contributed by atoms with E-state index in [-0.39, 0.29) is 12.1 Å². The number of rotatable bonds is 3. The van der Waals surface area contributed by atoms with Gasteiger partial charge in [0, 0.05) is 11.8 Å². The Morgan fingerprint density at radius 3 is 2.25 bits per heavy atom. The zero-order valence-electron chi connectivity index (χ0n) is 6.83. The Morgan fingerprint density at radius 1 is 1.50 bits per heavy atom. The molecule has 0 aliphatic carbocycles. The third kappa shape index (κ3) is 3.41. The van der Waals surface area contributed by atoms with E-state index in [9.17, 15) is 13.2 Å². The number of allylic oxidation sites excluding steroid dienone is 2. The van der Waals surface area contributed by atoms with Crippen LogP contribution < -0.4 is 0 Å². The van der Waals surface area contributed by atoms with Gasteiger partial charge in [0.1, 0.15) is 0 Å². The van der Waals surface area contributed by atoms with Gasteiger partial charge in [-0.3, -0.25) is 0 Å². The van der Waals surface area contributed by atoms with Crippen molar-refractivity contribution >= 4 is 5.71 Å². The molecule has 0 amide bonds. The fourth-order valence-electron chi connectivity index (χ4n) is 0.517. The average molecular weight is 181 g/mol. The first-order chi connectivity index (χ1) is 5.41. The number of hydrogen-bond acceptors (Lipinski definition) is 2. The molecule has 12 heavy (non-hydrogen) atoms. The number of hydrogen-bond donors (Lipinski definition) is 1. The lowest BCUT2D eigenvalue weighted by Gasteiger charge is -2.09. The van der Waals surface area contributed by atoms with E-state index in [4.69, 9.17) is 5.41 Å². The summed E-state index contributed by atoms with van der Waals surface area (Å²) in [5, 5.41) is 6.99. The molecule has 0 bridgehead atoms. The summed E-state index contributed by atoms with van der Waals surface area (Å²) in [4.78, 5) is 0. The second-order valence-electron chi connectivity index (χ2n) is 2.09. The van der Waals surface area contributed by atoms with E-state index in [1.165, 1.54) is 0 Å². The SMILES string of the molecule is CCC(=N)/C=C(\OC)C(F)(F)F. The van der Waals surface area contributed by atoms with Gasteiger partial charge in [-0.2, -0.15) is 13.2 Å². The fourth-order valence-corrected chi connectivity index (χ4v) is 0.517. The molecule has 0 spiro atoms. The zero-order valence-corrected chi connectivity index (χ0v) is 6.83. The molecule has 0 heterocycles. The van der Waals surface area contributed by atoms with Crippen LogP contribution in [-0.4, -0.2) is 19.0 Å². The summed E-state index contributed by atoms with van der Waals surface area (Å²) in [6.45, 7) is 1.60. The maximum absolute atomic E-state index is 11.9. The molecule has 5 heteroatoms. The zero-order chi connectivity index (χ0) is 9.78. The largest absolute Gasteiger partial charge is 0.492 e. The third-order valence-corrected chi connectivity index (χ3v) is 1.19. The van der Waals surface area contributed by atoms with Gasteiger partial charge >= 0.3 is 6.18 Å². The van der Waals surface area contributed by atoms with E-state index in [2.05, 4.69) is 4.74 Å². The molecule has 0 saturated heterocycles. The minimum Gasteiger partial charge on any atom is -0.492 e. The van der Waals surface area contributed by atoms with Crippen LogP contribution in [0.4, 0.5) is 13.2 Å². The van der Waals surface area contributed by atoms with Crippen molar-refractivity contribution in [2.45, 2.75) is 19.5 Å². The van der Waals surface area contributed by atoms with E-state index in [0.29, 0.717) is 6.08 Å². The summed E-state index contributed by atoms with van der Waals surface area (Å²) in [5.74, 6) is -1.13. The predicted octanol–water partition coefficient (Wildman–Crippen LogP) is 2.51. The van der Waals surface area contributed by atoms with Crippen LogP contribution >= 0.6 is 0 Å². The average Bonchev–Trinajstić information content (AvgIpc) is 1.97. The van der Waals surface area contributed by atoms with Crippen LogP contribution in [0.25, 0.3) is 0 Å². The van der Waals surface area contributed by atoms with Crippen molar-refractivity contribution in [3.8, 4) is 0 Å². The fraction of sp³-hybridized carbons (Fsp3) is 0.571. The normalized spacial score (nSPS) is 12.9. The number of halogens is 3. The van der Waals surface area contributed by atoms with Crippen LogP contribution in [0.15, 0.2) is 11.8 Å². The van der Waals surface area contributed by atoms with E-state index in [1.54, 1.807) is 6.92 Å². The van der Waals surface area contributed by atoms with Crippen LogP contribution in [0.5, 0.6) is 0 Å². The van der Waals surface area contributed by atoms with Gasteiger partial charge in [-0.05, 0) is 6.42 Å². The Balaban J connectivity index is 4.55. The lowest BCUT2D eigenvalue weighted by atomic mass is 10.2. The topological polar surface area (TPSA) is 33.1 Å². The summed E-state index contributed by atoms with van der Waals surface area (Å²) in [6.07, 6.45) is -3.57. The second kappa shape index (κ2) is 4.13. The molecule has 2 nitrogen and oxygen atoms in total. The summed E-state index contributed by atoms with van der Waals surface area (Å²) in [7, 11) is 0.933. The first-order valence-electron chi connectivity index (χ1n) is 3.32. The Morgan fingerprint density at radius 2 is 2.00 bits per heavy atom. The molecule has 0 unspecified atom stereocenters. The summed E-state index contributed by atoms with van der Waals surface area (Å²) < 4.78 is 39.9. The first kappa shape index (κ1) is 11.0. The van der Waals surface area contributed by atoms with E-state index < -0.39 is 11.9 Å². The molecule has 0 aromatic heterocycles. The minimum absolute atomic E-state index is 0.107. The summed E-state index contributed by atoms with van der Waals surface area (Å²) in [5.41, 5.74) is -0.107.